The van der Waals surface area contributed by atoms with Gasteiger partial charge in [0.05, 0.1) is 0 Å². The number of hydrogen-bond acceptors (Lipinski definition) is 3. The van der Waals surface area contributed by atoms with E-state index in [1.165, 1.54) is 18.4 Å². The molecule has 1 heterocycles. The number of hydrogen-bond donors (Lipinski definition) is 2. The number of allylic oxidation sites excluding steroid dienone is 3. The average molecular weight is 249 g/mol. The minimum absolute atomic E-state index is 0.746. The van der Waals surface area contributed by atoms with Crippen LogP contribution >= 0.6 is 0 Å². The molecule has 18 heavy (non-hydrogen) atoms. The molecule has 0 atom stereocenters. The zero-order valence-corrected chi connectivity index (χ0v) is 12.0. The number of nitrogens with zero attached hydrogens (tertiary/aromatic N) is 1. The van der Waals surface area contributed by atoms with Gasteiger partial charge in [-0.25, -0.2) is 4.99 Å². The normalized spacial score (nSPS) is 19.5. The summed E-state index contributed by atoms with van der Waals surface area (Å²) >= 11 is 0. The Bertz CT molecular complexity index is 310. The largest absolute Gasteiger partial charge is 0.373 e. The van der Waals surface area contributed by atoms with E-state index in [-0.39, 0.29) is 0 Å². The summed E-state index contributed by atoms with van der Waals surface area (Å²) in [6.07, 6.45) is 10.9. The molecule has 1 rings (SSSR count). The van der Waals surface area contributed by atoms with Crippen LogP contribution in [0.3, 0.4) is 0 Å². The lowest BCUT2D eigenvalue weighted by molar-refractivity contribution is 0.417. The minimum atomic E-state index is 0.746. The third-order valence-electron chi connectivity index (χ3n) is 3.45. The van der Waals surface area contributed by atoms with Gasteiger partial charge in [-0.2, -0.15) is 0 Å². The summed E-state index contributed by atoms with van der Waals surface area (Å²) in [4.78, 5) is 4.48. The maximum absolute atomic E-state index is 4.48. The Morgan fingerprint density at radius 2 is 2.11 bits per heavy atom. The molecule has 0 radical (unpaired) electrons. The highest BCUT2D eigenvalue weighted by molar-refractivity contribution is 5.62. The first-order chi connectivity index (χ1) is 8.81. The van der Waals surface area contributed by atoms with Crippen molar-refractivity contribution in [2.45, 2.75) is 39.5 Å². The Balaban J connectivity index is 2.48. The van der Waals surface area contributed by atoms with E-state index in [0.29, 0.717) is 0 Å². The van der Waals surface area contributed by atoms with Crippen molar-refractivity contribution in [2.24, 2.45) is 10.9 Å². The third-order valence-corrected chi connectivity index (χ3v) is 3.45. The van der Waals surface area contributed by atoms with E-state index in [1.54, 1.807) is 0 Å². The summed E-state index contributed by atoms with van der Waals surface area (Å²) in [5.41, 5.74) is 1.53. The van der Waals surface area contributed by atoms with Gasteiger partial charge in [0.15, 0.2) is 0 Å². The molecule has 0 spiro atoms. The minimum Gasteiger partial charge on any atom is -0.373 e. The molecule has 0 aliphatic carbocycles. The van der Waals surface area contributed by atoms with E-state index in [9.17, 15) is 0 Å². The summed E-state index contributed by atoms with van der Waals surface area (Å²) in [5, 5.41) is 6.52. The maximum Gasteiger partial charge on any atom is 0.121 e. The van der Waals surface area contributed by atoms with E-state index in [0.717, 1.165) is 37.7 Å². The van der Waals surface area contributed by atoms with E-state index >= 15 is 0 Å². The zero-order chi connectivity index (χ0) is 13.2. The highest BCUT2D eigenvalue weighted by Crippen LogP contribution is 2.23. The third kappa shape index (κ3) is 5.05. The van der Waals surface area contributed by atoms with Crippen molar-refractivity contribution in [3.63, 3.8) is 0 Å². The van der Waals surface area contributed by atoms with Crippen LogP contribution in [0.5, 0.6) is 0 Å². The molecule has 3 heteroatoms. The predicted octanol–water partition coefficient (Wildman–Crippen LogP) is 2.86. The number of nitrogens with one attached hydrogen (secondary N) is 2. The fraction of sp³-hybridized carbons (Fsp3) is 0.667. The van der Waals surface area contributed by atoms with E-state index in [4.69, 9.17) is 0 Å². The Kier molecular flexibility index (Phi) is 7.42. The molecule has 1 aliphatic heterocycles. The van der Waals surface area contributed by atoms with Gasteiger partial charge in [0, 0.05) is 19.7 Å². The molecule has 102 valence electrons. The lowest BCUT2D eigenvalue weighted by Gasteiger charge is -2.24. The van der Waals surface area contributed by atoms with Crippen LogP contribution in [-0.4, -0.2) is 26.4 Å². The molecule has 1 fully saturated rings. The molecular formula is C15H27N3. The van der Waals surface area contributed by atoms with Gasteiger partial charge in [0.25, 0.3) is 0 Å². The van der Waals surface area contributed by atoms with Gasteiger partial charge < -0.3 is 10.6 Å². The highest BCUT2D eigenvalue weighted by atomic mass is 15.0. The Morgan fingerprint density at radius 1 is 1.39 bits per heavy atom. The van der Waals surface area contributed by atoms with Crippen molar-refractivity contribution < 1.29 is 0 Å². The smallest absolute Gasteiger partial charge is 0.121 e. The number of piperidine rings is 1. The van der Waals surface area contributed by atoms with Crippen LogP contribution in [0.15, 0.2) is 28.5 Å². The monoisotopic (exact) mass is 249 g/mol. The van der Waals surface area contributed by atoms with Crippen LogP contribution in [0.2, 0.25) is 0 Å². The van der Waals surface area contributed by atoms with Crippen LogP contribution in [-0.2, 0) is 0 Å². The van der Waals surface area contributed by atoms with Crippen molar-refractivity contribution in [1.29, 1.82) is 0 Å². The summed E-state index contributed by atoms with van der Waals surface area (Å²) in [6.45, 7) is 6.57. The number of rotatable bonds is 6. The van der Waals surface area contributed by atoms with Gasteiger partial charge in [-0.1, -0.05) is 18.6 Å². The molecule has 0 unspecified atom stereocenters. The second-order valence-corrected chi connectivity index (χ2v) is 4.65. The molecule has 2 N–H and O–H groups in total. The Morgan fingerprint density at radius 3 is 2.67 bits per heavy atom. The SMILES string of the molecule is C/C=C(\C/C=N\C(=CCC)NC)C1CCNCC1. The molecule has 1 aliphatic rings. The topological polar surface area (TPSA) is 36.4 Å². The van der Waals surface area contributed by atoms with Gasteiger partial charge in [-0.3, -0.25) is 0 Å². The summed E-state index contributed by atoms with van der Waals surface area (Å²) in [7, 11) is 1.92. The van der Waals surface area contributed by atoms with E-state index in [2.05, 4.69) is 41.6 Å². The molecule has 1 saturated heterocycles. The fourth-order valence-electron chi connectivity index (χ4n) is 2.38. The van der Waals surface area contributed by atoms with Crippen LogP contribution < -0.4 is 10.6 Å². The molecular weight excluding hydrogens is 222 g/mol. The second-order valence-electron chi connectivity index (χ2n) is 4.65. The summed E-state index contributed by atoms with van der Waals surface area (Å²) in [5.74, 6) is 1.72. The number of aliphatic imine (C=N–C) groups is 1. The summed E-state index contributed by atoms with van der Waals surface area (Å²) in [6, 6.07) is 0. The van der Waals surface area contributed by atoms with Crippen LogP contribution in [0.1, 0.15) is 39.5 Å². The van der Waals surface area contributed by atoms with Crippen LogP contribution in [0, 0.1) is 5.92 Å². The van der Waals surface area contributed by atoms with Crippen molar-refractivity contribution in [1.82, 2.24) is 10.6 Å². The maximum atomic E-state index is 4.48. The standard InChI is InChI=1S/C15H27N3/c1-4-6-15(16-3)18-12-9-13(5-2)14-7-10-17-11-8-14/h5-6,12,14,16-17H,4,7-11H2,1-3H3/b13-5+,15-6?,18-12-. The van der Waals surface area contributed by atoms with E-state index in [1.807, 2.05) is 13.3 Å². The van der Waals surface area contributed by atoms with Crippen LogP contribution in [0.25, 0.3) is 0 Å². The zero-order valence-electron chi connectivity index (χ0n) is 12.0. The van der Waals surface area contributed by atoms with Gasteiger partial charge in [0.2, 0.25) is 0 Å². The molecule has 0 aromatic carbocycles. The molecule has 0 aromatic heterocycles. The summed E-state index contributed by atoms with van der Waals surface area (Å²) < 4.78 is 0. The van der Waals surface area contributed by atoms with Gasteiger partial charge in [0.1, 0.15) is 5.82 Å². The lowest BCUT2D eigenvalue weighted by atomic mass is 9.88. The predicted molar refractivity (Wildman–Crippen MR) is 79.9 cm³/mol. The van der Waals surface area contributed by atoms with E-state index < -0.39 is 0 Å². The van der Waals surface area contributed by atoms with Crippen molar-refractivity contribution >= 4 is 6.21 Å². The van der Waals surface area contributed by atoms with Gasteiger partial charge in [-0.15, -0.1) is 0 Å². The lowest BCUT2D eigenvalue weighted by Crippen LogP contribution is -2.28. The first-order valence-corrected chi connectivity index (χ1v) is 7.08. The quantitative estimate of drug-likeness (QED) is 0.561. The highest BCUT2D eigenvalue weighted by Gasteiger charge is 2.15. The van der Waals surface area contributed by atoms with Crippen molar-refractivity contribution in [2.75, 3.05) is 20.1 Å². The Hall–Kier alpha value is -1.09. The fourth-order valence-corrected chi connectivity index (χ4v) is 2.38. The average Bonchev–Trinajstić information content (AvgIpc) is 2.43. The second kappa shape index (κ2) is 8.92. The molecule has 0 saturated carbocycles. The molecule has 3 nitrogen and oxygen atoms in total. The van der Waals surface area contributed by atoms with Crippen molar-refractivity contribution in [3.8, 4) is 0 Å². The molecule has 0 bridgehead atoms. The molecule has 0 amide bonds. The van der Waals surface area contributed by atoms with Gasteiger partial charge >= 0.3 is 0 Å². The van der Waals surface area contributed by atoms with Crippen LogP contribution in [0.4, 0.5) is 0 Å². The van der Waals surface area contributed by atoms with Gasteiger partial charge in [-0.05, 0) is 51.3 Å². The first kappa shape index (κ1) is 15.0. The Labute approximate surface area is 111 Å². The molecule has 0 aromatic rings. The first-order valence-electron chi connectivity index (χ1n) is 7.08. The van der Waals surface area contributed by atoms with Crippen molar-refractivity contribution in [3.05, 3.63) is 23.5 Å².